The van der Waals surface area contributed by atoms with Gasteiger partial charge < -0.3 is 4.74 Å². The van der Waals surface area contributed by atoms with Crippen molar-refractivity contribution in [2.24, 2.45) is 0 Å². The fraction of sp³-hybridized carbons (Fsp3) is 0.118. The molecular weight excluding hydrogens is 268 g/mol. The van der Waals surface area contributed by atoms with E-state index in [1.807, 2.05) is 6.92 Å². The highest BCUT2D eigenvalue weighted by Crippen LogP contribution is 2.15. The van der Waals surface area contributed by atoms with E-state index in [0.717, 1.165) is 0 Å². The maximum atomic E-state index is 12.2. The number of aldehydes is 1. The first-order valence-electron chi connectivity index (χ1n) is 6.53. The van der Waals surface area contributed by atoms with Gasteiger partial charge >= 0.3 is 0 Å². The summed E-state index contributed by atoms with van der Waals surface area (Å²) in [5.41, 5.74) is 0.595. The Morgan fingerprint density at radius 1 is 1.00 bits per heavy atom. The van der Waals surface area contributed by atoms with Crippen molar-refractivity contribution in [1.29, 1.82) is 0 Å². The van der Waals surface area contributed by atoms with Crippen molar-refractivity contribution in [2.45, 2.75) is 6.92 Å². The van der Waals surface area contributed by atoms with E-state index in [9.17, 15) is 14.4 Å². The fourth-order valence-electron chi connectivity index (χ4n) is 1.93. The molecule has 0 unspecified atom stereocenters. The van der Waals surface area contributed by atoms with Gasteiger partial charge in [0.2, 0.25) is 11.6 Å². The Balaban J connectivity index is 2.26. The molecule has 2 aromatic rings. The topological polar surface area (TPSA) is 60.4 Å². The summed E-state index contributed by atoms with van der Waals surface area (Å²) in [5, 5.41) is 0. The lowest BCUT2D eigenvalue weighted by molar-refractivity contribution is 0.0816. The molecule has 4 nitrogen and oxygen atoms in total. The van der Waals surface area contributed by atoms with Gasteiger partial charge in [-0.2, -0.15) is 0 Å². The number of hydrogen-bond donors (Lipinski definition) is 0. The van der Waals surface area contributed by atoms with Gasteiger partial charge in [0.15, 0.2) is 6.29 Å². The Kier molecular flexibility index (Phi) is 4.61. The van der Waals surface area contributed by atoms with E-state index in [0.29, 0.717) is 18.6 Å². The van der Waals surface area contributed by atoms with Crippen LogP contribution >= 0.6 is 0 Å². The lowest BCUT2D eigenvalue weighted by Crippen LogP contribution is -2.16. The quantitative estimate of drug-likeness (QED) is 0.464. The van der Waals surface area contributed by atoms with Crippen molar-refractivity contribution >= 4 is 17.9 Å². The van der Waals surface area contributed by atoms with E-state index in [2.05, 4.69) is 0 Å². The lowest BCUT2D eigenvalue weighted by Gasteiger charge is -2.05. The van der Waals surface area contributed by atoms with Gasteiger partial charge in [-0.1, -0.05) is 24.3 Å². The average Bonchev–Trinajstić information content (AvgIpc) is 2.54. The minimum Gasteiger partial charge on any atom is -0.494 e. The Hall–Kier alpha value is -2.75. The zero-order valence-electron chi connectivity index (χ0n) is 11.5. The van der Waals surface area contributed by atoms with E-state index in [-0.39, 0.29) is 16.7 Å². The van der Waals surface area contributed by atoms with E-state index in [1.54, 1.807) is 24.3 Å². The largest absolute Gasteiger partial charge is 0.494 e. The molecule has 2 rings (SSSR count). The predicted molar refractivity (Wildman–Crippen MR) is 78.1 cm³/mol. The summed E-state index contributed by atoms with van der Waals surface area (Å²) in [6.45, 7) is 2.39. The fourth-order valence-corrected chi connectivity index (χ4v) is 1.93. The smallest absolute Gasteiger partial charge is 0.234 e. The first-order chi connectivity index (χ1) is 10.2. The molecule has 0 bridgehead atoms. The first-order valence-corrected chi connectivity index (χ1v) is 6.53. The number of carbonyl (C=O) groups is 3. The van der Waals surface area contributed by atoms with Gasteiger partial charge in [-0.15, -0.1) is 0 Å². The van der Waals surface area contributed by atoms with Crippen molar-refractivity contribution < 1.29 is 19.1 Å². The van der Waals surface area contributed by atoms with Crippen molar-refractivity contribution in [2.75, 3.05) is 6.61 Å². The minimum absolute atomic E-state index is 0.117. The maximum Gasteiger partial charge on any atom is 0.234 e. The number of Topliss-reactive ketones (excluding diaryl/α,β-unsaturated/α-hetero) is 2. The van der Waals surface area contributed by atoms with Gasteiger partial charge in [0, 0.05) is 16.7 Å². The Morgan fingerprint density at radius 3 is 2.29 bits per heavy atom. The molecule has 2 aromatic carbocycles. The molecule has 4 heteroatoms. The summed E-state index contributed by atoms with van der Waals surface area (Å²) in [6, 6.07) is 12.6. The van der Waals surface area contributed by atoms with Crippen LogP contribution in [0.15, 0.2) is 48.5 Å². The van der Waals surface area contributed by atoms with Crippen molar-refractivity contribution in [3.8, 4) is 5.75 Å². The number of benzene rings is 2. The Morgan fingerprint density at radius 2 is 1.67 bits per heavy atom. The lowest BCUT2D eigenvalue weighted by atomic mass is 9.98. The monoisotopic (exact) mass is 282 g/mol. The predicted octanol–water partition coefficient (Wildman–Crippen LogP) is 2.96. The molecule has 0 aliphatic rings. The third kappa shape index (κ3) is 3.23. The average molecular weight is 282 g/mol. The molecule has 0 heterocycles. The zero-order valence-corrected chi connectivity index (χ0v) is 11.5. The van der Waals surface area contributed by atoms with Crippen LogP contribution in [0.2, 0.25) is 0 Å². The van der Waals surface area contributed by atoms with Crippen LogP contribution in [0.1, 0.15) is 38.0 Å². The highest BCUT2D eigenvalue weighted by atomic mass is 16.5. The van der Waals surface area contributed by atoms with Crippen LogP contribution in [0.5, 0.6) is 5.75 Å². The SMILES string of the molecule is CCOc1ccc(C(=O)C(=O)c2ccccc2C=O)cc1. The molecule has 0 amide bonds. The van der Waals surface area contributed by atoms with E-state index >= 15 is 0 Å². The van der Waals surface area contributed by atoms with Crippen molar-refractivity contribution in [3.63, 3.8) is 0 Å². The number of hydrogen-bond acceptors (Lipinski definition) is 4. The van der Waals surface area contributed by atoms with Crippen LogP contribution in [-0.2, 0) is 0 Å². The second-order valence-corrected chi connectivity index (χ2v) is 4.32. The van der Waals surface area contributed by atoms with Crippen LogP contribution in [-0.4, -0.2) is 24.5 Å². The first kappa shape index (κ1) is 14.7. The standard InChI is InChI=1S/C17H14O4/c1-2-21-14-9-7-12(8-10-14)16(19)17(20)15-6-4-3-5-13(15)11-18/h3-11H,2H2,1H3. The van der Waals surface area contributed by atoms with Gasteiger partial charge in [0.25, 0.3) is 0 Å². The Labute approximate surface area is 122 Å². The van der Waals surface area contributed by atoms with Gasteiger partial charge in [-0.3, -0.25) is 14.4 Å². The van der Waals surface area contributed by atoms with Gasteiger partial charge in [0.1, 0.15) is 5.75 Å². The van der Waals surface area contributed by atoms with Crippen molar-refractivity contribution in [3.05, 3.63) is 65.2 Å². The zero-order chi connectivity index (χ0) is 15.2. The van der Waals surface area contributed by atoms with Crippen LogP contribution in [0.25, 0.3) is 0 Å². The molecule has 0 aliphatic heterocycles. The van der Waals surface area contributed by atoms with Gasteiger partial charge in [0.05, 0.1) is 6.61 Å². The molecule has 106 valence electrons. The van der Waals surface area contributed by atoms with E-state index in [1.165, 1.54) is 24.3 Å². The molecule has 0 aliphatic carbocycles. The third-order valence-electron chi connectivity index (χ3n) is 2.97. The van der Waals surface area contributed by atoms with E-state index in [4.69, 9.17) is 4.74 Å². The van der Waals surface area contributed by atoms with Crippen LogP contribution in [0.3, 0.4) is 0 Å². The molecule has 0 fully saturated rings. The summed E-state index contributed by atoms with van der Waals surface area (Å²) in [5.74, 6) is -0.705. The molecule has 21 heavy (non-hydrogen) atoms. The van der Waals surface area contributed by atoms with E-state index < -0.39 is 11.6 Å². The molecule has 0 saturated carbocycles. The number of ketones is 2. The molecule has 0 N–H and O–H groups in total. The normalized spacial score (nSPS) is 9.95. The van der Waals surface area contributed by atoms with Gasteiger partial charge in [-0.25, -0.2) is 0 Å². The number of ether oxygens (including phenoxy) is 1. The maximum absolute atomic E-state index is 12.2. The van der Waals surface area contributed by atoms with Crippen LogP contribution < -0.4 is 4.74 Å². The summed E-state index contributed by atoms with van der Waals surface area (Å²) < 4.78 is 5.28. The molecule has 0 atom stereocenters. The number of carbonyl (C=O) groups excluding carboxylic acids is 3. The highest BCUT2D eigenvalue weighted by Gasteiger charge is 2.20. The van der Waals surface area contributed by atoms with Crippen LogP contribution in [0, 0.1) is 0 Å². The summed E-state index contributed by atoms with van der Waals surface area (Å²) in [6.07, 6.45) is 0.568. The molecule has 0 radical (unpaired) electrons. The Bertz CT molecular complexity index is 671. The van der Waals surface area contributed by atoms with Crippen LogP contribution in [0.4, 0.5) is 0 Å². The summed E-state index contributed by atoms with van der Waals surface area (Å²) >= 11 is 0. The van der Waals surface area contributed by atoms with Gasteiger partial charge in [-0.05, 0) is 31.2 Å². The second-order valence-electron chi connectivity index (χ2n) is 4.32. The molecule has 0 spiro atoms. The minimum atomic E-state index is -0.693. The summed E-state index contributed by atoms with van der Waals surface area (Å²) in [7, 11) is 0. The highest BCUT2D eigenvalue weighted by molar-refractivity contribution is 6.49. The molecular formula is C17H14O4. The molecule has 0 saturated heterocycles. The molecule has 0 aromatic heterocycles. The second kappa shape index (κ2) is 6.61. The summed E-state index contributed by atoms with van der Waals surface area (Å²) in [4.78, 5) is 35.3. The third-order valence-corrected chi connectivity index (χ3v) is 2.97. The van der Waals surface area contributed by atoms with Crippen molar-refractivity contribution in [1.82, 2.24) is 0 Å². The number of rotatable bonds is 6.